The number of morpholine rings is 1. The van der Waals surface area contributed by atoms with E-state index in [9.17, 15) is 0 Å². The van der Waals surface area contributed by atoms with Crippen molar-refractivity contribution in [3.63, 3.8) is 0 Å². The second kappa shape index (κ2) is 7.46. The predicted molar refractivity (Wildman–Crippen MR) is 97.7 cm³/mol. The topological polar surface area (TPSA) is 82.1 Å². The van der Waals surface area contributed by atoms with Gasteiger partial charge in [-0.3, -0.25) is 4.57 Å². The van der Waals surface area contributed by atoms with Crippen LogP contribution in [0, 0.1) is 13.8 Å². The number of benzene rings is 1. The van der Waals surface area contributed by atoms with E-state index in [0.29, 0.717) is 30.7 Å². The number of rotatable bonds is 5. The van der Waals surface area contributed by atoms with Gasteiger partial charge in [-0.15, -0.1) is 20.4 Å². The third-order valence-electron chi connectivity index (χ3n) is 4.16. The molecule has 3 aromatic rings. The van der Waals surface area contributed by atoms with Gasteiger partial charge in [0.2, 0.25) is 17.7 Å². The van der Waals surface area contributed by atoms with Crippen LogP contribution < -0.4 is 4.90 Å². The second-order valence-electron chi connectivity index (χ2n) is 6.01. The Hall–Kier alpha value is -2.39. The van der Waals surface area contributed by atoms with Crippen molar-refractivity contribution < 1.29 is 9.15 Å². The number of hydrogen-bond donors (Lipinski definition) is 0. The fourth-order valence-corrected chi connectivity index (χ4v) is 3.65. The van der Waals surface area contributed by atoms with Crippen LogP contribution in [0.4, 0.5) is 5.95 Å². The summed E-state index contributed by atoms with van der Waals surface area (Å²) in [6.07, 6.45) is 0. The summed E-state index contributed by atoms with van der Waals surface area (Å²) in [5.41, 5.74) is 2.24. The lowest BCUT2D eigenvalue weighted by molar-refractivity contribution is 0.122. The molecule has 1 aliphatic rings. The van der Waals surface area contributed by atoms with Crippen LogP contribution in [-0.4, -0.2) is 51.3 Å². The Bertz CT molecular complexity index is 887. The van der Waals surface area contributed by atoms with Gasteiger partial charge in [0.05, 0.1) is 24.7 Å². The molecule has 0 aliphatic carbocycles. The minimum absolute atomic E-state index is 0.550. The van der Waals surface area contributed by atoms with E-state index in [2.05, 4.69) is 48.9 Å². The summed E-state index contributed by atoms with van der Waals surface area (Å²) in [4.78, 5) is 2.21. The first-order chi connectivity index (χ1) is 12.7. The smallest absolute Gasteiger partial charge is 0.232 e. The Labute approximate surface area is 155 Å². The molecule has 9 heteroatoms. The molecule has 136 valence electrons. The summed E-state index contributed by atoms with van der Waals surface area (Å²) in [7, 11) is 0. The molecular formula is C17H20N6O2S. The van der Waals surface area contributed by atoms with E-state index in [0.717, 1.165) is 35.4 Å². The van der Waals surface area contributed by atoms with Crippen LogP contribution in [0.2, 0.25) is 0 Å². The van der Waals surface area contributed by atoms with Gasteiger partial charge >= 0.3 is 0 Å². The second-order valence-corrected chi connectivity index (χ2v) is 6.95. The van der Waals surface area contributed by atoms with Crippen LogP contribution in [0.1, 0.15) is 17.3 Å². The van der Waals surface area contributed by atoms with Crippen molar-refractivity contribution in [2.45, 2.75) is 24.8 Å². The molecule has 0 amide bonds. The zero-order valence-corrected chi connectivity index (χ0v) is 15.6. The molecule has 0 radical (unpaired) electrons. The first-order valence-electron chi connectivity index (χ1n) is 8.48. The number of para-hydroxylation sites is 1. The molecule has 26 heavy (non-hydrogen) atoms. The molecular weight excluding hydrogens is 352 g/mol. The first-order valence-corrected chi connectivity index (χ1v) is 9.47. The van der Waals surface area contributed by atoms with Crippen molar-refractivity contribution in [3.8, 4) is 5.69 Å². The van der Waals surface area contributed by atoms with E-state index in [1.807, 2.05) is 12.1 Å². The highest BCUT2D eigenvalue weighted by Crippen LogP contribution is 2.30. The zero-order chi connectivity index (χ0) is 17.9. The van der Waals surface area contributed by atoms with Gasteiger partial charge in [-0.25, -0.2) is 0 Å². The summed E-state index contributed by atoms with van der Waals surface area (Å²) in [5.74, 6) is 2.54. The number of nitrogens with zero attached hydrogens (tertiary/aromatic N) is 6. The number of hydrogen-bond acceptors (Lipinski definition) is 8. The van der Waals surface area contributed by atoms with Crippen LogP contribution in [0.5, 0.6) is 0 Å². The lowest BCUT2D eigenvalue weighted by atomic mass is 10.2. The van der Waals surface area contributed by atoms with Gasteiger partial charge in [0.25, 0.3) is 0 Å². The predicted octanol–water partition coefficient (Wildman–Crippen LogP) is 2.40. The van der Waals surface area contributed by atoms with Crippen molar-refractivity contribution in [3.05, 3.63) is 41.6 Å². The normalized spacial score (nSPS) is 14.8. The molecule has 1 aliphatic heterocycles. The maximum atomic E-state index is 5.47. The van der Waals surface area contributed by atoms with E-state index < -0.39 is 0 Å². The molecule has 0 unspecified atom stereocenters. The average Bonchev–Trinajstić information content (AvgIpc) is 3.27. The van der Waals surface area contributed by atoms with Crippen LogP contribution in [0.3, 0.4) is 0 Å². The highest BCUT2D eigenvalue weighted by Gasteiger charge is 2.23. The molecule has 1 saturated heterocycles. The minimum Gasteiger partial charge on any atom is -0.425 e. The molecule has 4 rings (SSSR count). The Kier molecular flexibility index (Phi) is 4.89. The molecule has 8 nitrogen and oxygen atoms in total. The van der Waals surface area contributed by atoms with Crippen molar-refractivity contribution in [1.29, 1.82) is 0 Å². The van der Waals surface area contributed by atoms with Crippen LogP contribution in [0.15, 0.2) is 33.8 Å². The SMILES string of the molecule is Cc1nnc(CSc2nnc(N3CCOCC3)n2-c2ccccc2C)o1. The molecule has 0 atom stereocenters. The minimum atomic E-state index is 0.550. The van der Waals surface area contributed by atoms with Crippen molar-refractivity contribution in [2.75, 3.05) is 31.2 Å². The third kappa shape index (κ3) is 3.45. The Morgan fingerprint density at radius 2 is 1.85 bits per heavy atom. The molecule has 0 bridgehead atoms. The van der Waals surface area contributed by atoms with Crippen LogP contribution in [-0.2, 0) is 10.5 Å². The first kappa shape index (κ1) is 17.0. The maximum absolute atomic E-state index is 5.47. The standard InChI is InChI=1S/C17H20N6O2S/c1-12-5-3-4-6-14(12)23-16(22-7-9-24-10-8-22)20-21-17(23)26-11-15-19-18-13(2)25-15/h3-6H,7-11H2,1-2H3. The summed E-state index contributed by atoms with van der Waals surface area (Å²) in [6.45, 7) is 6.88. The number of anilines is 1. The van der Waals surface area contributed by atoms with Gasteiger partial charge in [-0.2, -0.15) is 0 Å². The molecule has 1 fully saturated rings. The molecule has 2 aromatic heterocycles. The van der Waals surface area contributed by atoms with Crippen molar-refractivity contribution >= 4 is 17.7 Å². The maximum Gasteiger partial charge on any atom is 0.232 e. The Morgan fingerprint density at radius 3 is 2.58 bits per heavy atom. The van der Waals surface area contributed by atoms with Gasteiger partial charge in [0, 0.05) is 20.0 Å². The molecule has 0 N–H and O–H groups in total. The van der Waals surface area contributed by atoms with Crippen molar-refractivity contribution in [2.24, 2.45) is 0 Å². The summed E-state index contributed by atoms with van der Waals surface area (Å²) >= 11 is 1.54. The van der Waals surface area contributed by atoms with Gasteiger partial charge < -0.3 is 14.1 Å². The number of thioether (sulfide) groups is 1. The zero-order valence-electron chi connectivity index (χ0n) is 14.8. The highest BCUT2D eigenvalue weighted by molar-refractivity contribution is 7.98. The largest absolute Gasteiger partial charge is 0.425 e. The molecule has 1 aromatic carbocycles. The van der Waals surface area contributed by atoms with E-state index in [1.165, 1.54) is 11.8 Å². The monoisotopic (exact) mass is 372 g/mol. The lowest BCUT2D eigenvalue weighted by Crippen LogP contribution is -2.38. The van der Waals surface area contributed by atoms with Crippen LogP contribution in [0.25, 0.3) is 5.69 Å². The van der Waals surface area contributed by atoms with Gasteiger partial charge in [-0.1, -0.05) is 30.0 Å². The summed E-state index contributed by atoms with van der Waals surface area (Å²) in [6, 6.07) is 8.24. The van der Waals surface area contributed by atoms with Crippen LogP contribution >= 0.6 is 11.8 Å². The fraction of sp³-hybridized carbons (Fsp3) is 0.412. The van der Waals surface area contributed by atoms with Gasteiger partial charge in [0.15, 0.2) is 5.16 Å². The van der Waals surface area contributed by atoms with E-state index >= 15 is 0 Å². The lowest BCUT2D eigenvalue weighted by Gasteiger charge is -2.28. The number of ether oxygens (including phenoxy) is 1. The van der Waals surface area contributed by atoms with E-state index in [-0.39, 0.29) is 0 Å². The molecule has 0 saturated carbocycles. The van der Waals surface area contributed by atoms with E-state index in [1.54, 1.807) is 6.92 Å². The summed E-state index contributed by atoms with van der Waals surface area (Å²) < 4.78 is 13.0. The Balaban J connectivity index is 1.69. The van der Waals surface area contributed by atoms with Crippen molar-refractivity contribution in [1.82, 2.24) is 25.0 Å². The van der Waals surface area contributed by atoms with Gasteiger partial charge in [0.1, 0.15) is 0 Å². The Morgan fingerprint density at radius 1 is 1.04 bits per heavy atom. The fourth-order valence-electron chi connectivity index (χ4n) is 2.87. The number of aromatic nitrogens is 5. The van der Waals surface area contributed by atoms with E-state index in [4.69, 9.17) is 9.15 Å². The number of aryl methyl sites for hydroxylation is 2. The summed E-state index contributed by atoms with van der Waals surface area (Å²) in [5, 5.41) is 17.6. The van der Waals surface area contributed by atoms with Gasteiger partial charge in [-0.05, 0) is 18.6 Å². The molecule has 3 heterocycles. The quantitative estimate of drug-likeness (QED) is 0.632. The third-order valence-corrected chi connectivity index (χ3v) is 5.07. The average molecular weight is 372 g/mol. The highest BCUT2D eigenvalue weighted by atomic mass is 32.2. The molecule has 0 spiro atoms.